The van der Waals surface area contributed by atoms with Gasteiger partial charge in [-0.2, -0.15) is 4.99 Å². The van der Waals surface area contributed by atoms with Gasteiger partial charge in [-0.25, -0.2) is 0 Å². The van der Waals surface area contributed by atoms with Crippen molar-refractivity contribution in [2.24, 2.45) is 4.99 Å². The molecule has 0 unspecified atom stereocenters. The van der Waals surface area contributed by atoms with Crippen molar-refractivity contribution < 1.29 is 0 Å². The quantitative estimate of drug-likeness (QED) is 0.539. The van der Waals surface area contributed by atoms with E-state index in [0.29, 0.717) is 0 Å². The van der Waals surface area contributed by atoms with E-state index in [1.807, 2.05) is 0 Å². The lowest BCUT2D eigenvalue weighted by atomic mass is 10.00. The molecule has 0 fully saturated rings. The maximum atomic E-state index is 4.63. The first-order valence-electron chi connectivity index (χ1n) is 4.93. The minimum atomic E-state index is 0.970. The Kier molecular flexibility index (Phi) is 3.99. The smallest absolute Gasteiger partial charge is 0.0774 e. The third-order valence-electron chi connectivity index (χ3n) is 2.47. The largest absolute Gasteiger partial charge is 0.194 e. The van der Waals surface area contributed by atoms with Crippen LogP contribution in [0.1, 0.15) is 30.5 Å². The third kappa shape index (κ3) is 2.28. The van der Waals surface area contributed by atoms with Gasteiger partial charge in [-0.3, -0.25) is 0 Å². The summed E-state index contributed by atoms with van der Waals surface area (Å²) in [5.74, 6) is 0. The predicted molar refractivity (Wildman–Crippen MR) is 64.6 cm³/mol. The molecular weight excluding hydrogens is 190 g/mol. The van der Waals surface area contributed by atoms with Crippen LogP contribution >= 0.6 is 12.2 Å². The van der Waals surface area contributed by atoms with E-state index in [4.69, 9.17) is 0 Å². The summed E-state index contributed by atoms with van der Waals surface area (Å²) in [4.78, 5) is 4.08. The summed E-state index contributed by atoms with van der Waals surface area (Å²) < 4.78 is 0. The van der Waals surface area contributed by atoms with E-state index in [1.165, 1.54) is 16.7 Å². The van der Waals surface area contributed by atoms with Gasteiger partial charge >= 0.3 is 0 Å². The van der Waals surface area contributed by atoms with Crippen LogP contribution < -0.4 is 0 Å². The highest BCUT2D eigenvalue weighted by atomic mass is 32.1. The number of hydrogen-bond donors (Lipinski definition) is 0. The van der Waals surface area contributed by atoms with Gasteiger partial charge in [0.05, 0.1) is 10.8 Å². The summed E-state index contributed by atoms with van der Waals surface area (Å²) >= 11 is 4.63. The maximum absolute atomic E-state index is 4.63. The summed E-state index contributed by atoms with van der Waals surface area (Å²) in [7, 11) is 0. The molecule has 0 heterocycles. The van der Waals surface area contributed by atoms with Crippen LogP contribution in [0.2, 0.25) is 0 Å². The highest BCUT2D eigenvalue weighted by Gasteiger charge is 2.03. The van der Waals surface area contributed by atoms with Crippen molar-refractivity contribution >= 4 is 23.1 Å². The van der Waals surface area contributed by atoms with Crippen molar-refractivity contribution in [1.82, 2.24) is 0 Å². The Hall–Kier alpha value is -0.980. The Bertz CT molecular complexity index is 376. The molecule has 0 aromatic heterocycles. The van der Waals surface area contributed by atoms with Crippen LogP contribution in [-0.2, 0) is 12.8 Å². The van der Waals surface area contributed by atoms with E-state index in [-0.39, 0.29) is 0 Å². The van der Waals surface area contributed by atoms with E-state index in [1.54, 1.807) is 0 Å². The van der Waals surface area contributed by atoms with E-state index < -0.39 is 0 Å². The molecule has 0 spiro atoms. The van der Waals surface area contributed by atoms with Gasteiger partial charge in [0, 0.05) is 0 Å². The molecule has 1 aromatic rings. The SMILES string of the molecule is CCc1cc(CC)c(N=C=S)cc1C. The lowest BCUT2D eigenvalue weighted by Crippen LogP contribution is -1.90. The third-order valence-corrected chi connectivity index (χ3v) is 2.56. The zero-order valence-electron chi connectivity index (χ0n) is 8.92. The summed E-state index contributed by atoms with van der Waals surface area (Å²) in [6.07, 6.45) is 2.06. The predicted octanol–water partition coefficient (Wildman–Crippen LogP) is 3.85. The lowest BCUT2D eigenvalue weighted by Gasteiger charge is -2.08. The van der Waals surface area contributed by atoms with Crippen LogP contribution in [0.4, 0.5) is 5.69 Å². The molecule has 0 aliphatic carbocycles. The second-order valence-corrected chi connectivity index (χ2v) is 3.50. The minimum Gasteiger partial charge on any atom is -0.194 e. The van der Waals surface area contributed by atoms with Crippen molar-refractivity contribution in [3.63, 3.8) is 0 Å². The molecule has 0 saturated carbocycles. The van der Waals surface area contributed by atoms with E-state index in [0.717, 1.165) is 18.5 Å². The second kappa shape index (κ2) is 5.04. The fourth-order valence-electron chi connectivity index (χ4n) is 1.61. The molecule has 1 aromatic carbocycles. The zero-order chi connectivity index (χ0) is 10.6. The molecule has 1 rings (SSSR count). The van der Waals surface area contributed by atoms with Crippen molar-refractivity contribution in [2.45, 2.75) is 33.6 Å². The zero-order valence-corrected chi connectivity index (χ0v) is 9.74. The van der Waals surface area contributed by atoms with E-state index in [9.17, 15) is 0 Å². The molecule has 0 saturated heterocycles. The van der Waals surface area contributed by atoms with Crippen molar-refractivity contribution in [2.75, 3.05) is 0 Å². The van der Waals surface area contributed by atoms with Gasteiger partial charge in [0.1, 0.15) is 0 Å². The fraction of sp³-hybridized carbons (Fsp3) is 0.417. The summed E-state index contributed by atoms with van der Waals surface area (Å²) in [6, 6.07) is 4.32. The highest BCUT2D eigenvalue weighted by molar-refractivity contribution is 7.78. The molecule has 74 valence electrons. The average molecular weight is 205 g/mol. The first kappa shape index (κ1) is 11.1. The molecule has 0 N–H and O–H groups in total. The minimum absolute atomic E-state index is 0.970. The van der Waals surface area contributed by atoms with Crippen molar-refractivity contribution in [1.29, 1.82) is 0 Å². The number of hydrogen-bond acceptors (Lipinski definition) is 2. The first-order chi connectivity index (χ1) is 6.72. The van der Waals surface area contributed by atoms with Crippen LogP contribution in [0, 0.1) is 6.92 Å². The van der Waals surface area contributed by atoms with E-state index in [2.05, 4.69) is 55.3 Å². The van der Waals surface area contributed by atoms with Crippen LogP contribution in [0.15, 0.2) is 17.1 Å². The number of isothiocyanates is 1. The molecule has 0 atom stereocenters. The monoisotopic (exact) mass is 205 g/mol. The molecule has 0 radical (unpaired) electrons. The topological polar surface area (TPSA) is 12.4 Å². The van der Waals surface area contributed by atoms with Gasteiger partial charge in [-0.15, -0.1) is 0 Å². The fourth-order valence-corrected chi connectivity index (χ4v) is 1.70. The highest BCUT2D eigenvalue weighted by Crippen LogP contribution is 2.24. The summed E-state index contributed by atoms with van der Waals surface area (Å²) in [5.41, 5.74) is 4.90. The van der Waals surface area contributed by atoms with Crippen molar-refractivity contribution in [3.8, 4) is 0 Å². The van der Waals surface area contributed by atoms with Crippen molar-refractivity contribution in [3.05, 3.63) is 28.8 Å². The summed E-state index contributed by atoms with van der Waals surface area (Å²) in [6.45, 7) is 6.41. The van der Waals surface area contributed by atoms with Gasteiger partial charge in [-0.05, 0) is 54.7 Å². The standard InChI is InChI=1S/C12H15NS/c1-4-10-7-11(5-2)12(13-8-14)6-9(10)3/h6-7H,4-5H2,1-3H3. The molecule has 0 aliphatic heterocycles. The average Bonchev–Trinajstić information content (AvgIpc) is 2.19. The number of thiocarbonyl (C=S) groups is 1. The number of nitrogens with zero attached hydrogens (tertiary/aromatic N) is 1. The Balaban J connectivity index is 3.30. The Morgan fingerprint density at radius 2 is 1.86 bits per heavy atom. The molecule has 14 heavy (non-hydrogen) atoms. The summed E-state index contributed by atoms with van der Waals surface area (Å²) in [5, 5.41) is 2.43. The number of benzene rings is 1. The molecular formula is C12H15NS. The molecule has 2 heteroatoms. The lowest BCUT2D eigenvalue weighted by molar-refractivity contribution is 1.06. The molecule has 0 amide bonds. The maximum Gasteiger partial charge on any atom is 0.0774 e. The Morgan fingerprint density at radius 1 is 1.21 bits per heavy atom. The number of aryl methyl sites for hydroxylation is 3. The normalized spacial score (nSPS) is 9.64. The van der Waals surface area contributed by atoms with Crippen LogP contribution in [0.5, 0.6) is 0 Å². The van der Waals surface area contributed by atoms with Gasteiger partial charge in [0.15, 0.2) is 0 Å². The molecule has 1 nitrogen and oxygen atoms in total. The Labute approximate surface area is 90.9 Å². The van der Waals surface area contributed by atoms with Crippen LogP contribution in [0.25, 0.3) is 0 Å². The van der Waals surface area contributed by atoms with Crippen LogP contribution in [-0.4, -0.2) is 5.16 Å². The first-order valence-corrected chi connectivity index (χ1v) is 5.34. The van der Waals surface area contributed by atoms with E-state index >= 15 is 0 Å². The van der Waals surface area contributed by atoms with Gasteiger partial charge < -0.3 is 0 Å². The molecule has 0 bridgehead atoms. The number of rotatable bonds is 3. The Morgan fingerprint density at radius 3 is 2.36 bits per heavy atom. The second-order valence-electron chi connectivity index (χ2n) is 3.32. The number of aliphatic imine (C=N–C) groups is 1. The van der Waals surface area contributed by atoms with Gasteiger partial charge in [0.25, 0.3) is 0 Å². The van der Waals surface area contributed by atoms with Gasteiger partial charge in [0.2, 0.25) is 0 Å². The van der Waals surface area contributed by atoms with Crippen LogP contribution in [0.3, 0.4) is 0 Å². The molecule has 0 aliphatic rings. The van der Waals surface area contributed by atoms with Gasteiger partial charge in [-0.1, -0.05) is 19.9 Å².